The molecule has 0 N–H and O–H groups in total. The first-order chi connectivity index (χ1) is 14.7. The van der Waals surface area contributed by atoms with Crippen molar-refractivity contribution >= 4 is 15.9 Å². The van der Waals surface area contributed by atoms with Crippen LogP contribution >= 0.6 is 0 Å². The summed E-state index contributed by atoms with van der Waals surface area (Å²) < 4.78 is 29.5. The van der Waals surface area contributed by atoms with E-state index >= 15 is 0 Å². The van der Waals surface area contributed by atoms with E-state index in [0.717, 1.165) is 6.42 Å². The van der Waals surface area contributed by atoms with E-state index in [9.17, 15) is 13.2 Å². The summed E-state index contributed by atoms with van der Waals surface area (Å²) in [6.07, 6.45) is 4.73. The Morgan fingerprint density at radius 2 is 1.90 bits per heavy atom. The van der Waals surface area contributed by atoms with Gasteiger partial charge in [-0.25, -0.2) is 18.4 Å². The lowest BCUT2D eigenvalue weighted by molar-refractivity contribution is 0.0771. The van der Waals surface area contributed by atoms with Crippen LogP contribution in [0.4, 0.5) is 0 Å². The summed E-state index contributed by atoms with van der Waals surface area (Å²) >= 11 is 0. The molecule has 0 bridgehead atoms. The fourth-order valence-electron chi connectivity index (χ4n) is 3.97. The number of aryl methyl sites for hydroxylation is 3. The average Bonchev–Trinajstić information content (AvgIpc) is 3.37. The molecule has 1 fully saturated rings. The summed E-state index contributed by atoms with van der Waals surface area (Å²) in [5.74, 6) is 0.408. The third-order valence-corrected chi connectivity index (χ3v) is 7.74. The number of carbonyl (C=O) groups is 1. The number of hydrogen-bond donors (Lipinski definition) is 0. The topological polar surface area (TPSA) is 101 Å². The van der Waals surface area contributed by atoms with Gasteiger partial charge in [-0.1, -0.05) is 6.92 Å². The molecular formula is C21H32N6O3S. The molecule has 170 valence electrons. The summed E-state index contributed by atoms with van der Waals surface area (Å²) in [6.45, 7) is 12.1. The van der Waals surface area contributed by atoms with E-state index in [1.54, 1.807) is 35.8 Å². The number of rotatable bonds is 8. The highest BCUT2D eigenvalue weighted by Gasteiger charge is 2.36. The van der Waals surface area contributed by atoms with Gasteiger partial charge < -0.3 is 4.90 Å². The molecule has 31 heavy (non-hydrogen) atoms. The summed E-state index contributed by atoms with van der Waals surface area (Å²) in [5.41, 5.74) is 1.64. The molecule has 1 aliphatic rings. The SMILES string of the molecule is CCCn1cc(S(=O)(=O)N2CCC(c3ncc(C(=O)N(CC)CC)c(C)n3)C2)c(C)n1. The van der Waals surface area contributed by atoms with Crippen LogP contribution in [0.5, 0.6) is 0 Å². The van der Waals surface area contributed by atoms with Crippen molar-refractivity contribution in [2.75, 3.05) is 26.2 Å². The molecule has 3 rings (SSSR count). The molecule has 1 saturated heterocycles. The third-order valence-electron chi connectivity index (χ3n) is 5.77. The molecule has 0 saturated carbocycles. The number of carbonyl (C=O) groups excluding carboxylic acids is 1. The second-order valence-corrected chi connectivity index (χ2v) is 9.80. The van der Waals surface area contributed by atoms with Crippen LogP contribution in [0.15, 0.2) is 17.3 Å². The first-order valence-electron chi connectivity index (χ1n) is 10.9. The molecule has 10 heteroatoms. The fraction of sp³-hybridized carbons (Fsp3) is 0.619. The van der Waals surface area contributed by atoms with Gasteiger partial charge in [-0.05, 0) is 40.5 Å². The Morgan fingerprint density at radius 1 is 1.19 bits per heavy atom. The van der Waals surface area contributed by atoms with Crippen molar-refractivity contribution in [3.8, 4) is 0 Å². The van der Waals surface area contributed by atoms with Crippen LogP contribution in [-0.4, -0.2) is 69.5 Å². The van der Waals surface area contributed by atoms with Gasteiger partial charge in [-0.15, -0.1) is 0 Å². The minimum Gasteiger partial charge on any atom is -0.339 e. The molecule has 0 spiro atoms. The normalized spacial score (nSPS) is 17.3. The molecule has 1 unspecified atom stereocenters. The van der Waals surface area contributed by atoms with Crippen LogP contribution in [0.25, 0.3) is 0 Å². The van der Waals surface area contributed by atoms with Crippen LogP contribution in [-0.2, 0) is 16.6 Å². The Kier molecular flexibility index (Phi) is 7.10. The highest BCUT2D eigenvalue weighted by atomic mass is 32.2. The second-order valence-electron chi connectivity index (χ2n) is 7.90. The van der Waals surface area contributed by atoms with Gasteiger partial charge in [0.1, 0.15) is 10.7 Å². The van der Waals surface area contributed by atoms with E-state index in [4.69, 9.17) is 0 Å². The third kappa shape index (κ3) is 4.64. The van der Waals surface area contributed by atoms with Gasteiger partial charge in [0.2, 0.25) is 10.0 Å². The average molecular weight is 449 g/mol. The maximum Gasteiger partial charge on any atom is 0.257 e. The molecule has 1 atom stereocenters. The summed E-state index contributed by atoms with van der Waals surface area (Å²) in [4.78, 5) is 23.6. The summed E-state index contributed by atoms with van der Waals surface area (Å²) in [7, 11) is -3.62. The minimum absolute atomic E-state index is 0.0794. The van der Waals surface area contributed by atoms with E-state index in [0.29, 0.717) is 61.9 Å². The molecule has 0 aromatic carbocycles. The van der Waals surface area contributed by atoms with E-state index in [1.807, 2.05) is 20.8 Å². The van der Waals surface area contributed by atoms with Gasteiger partial charge in [-0.2, -0.15) is 9.40 Å². The Balaban J connectivity index is 1.78. The van der Waals surface area contributed by atoms with Gasteiger partial charge in [0.15, 0.2) is 0 Å². The lowest BCUT2D eigenvalue weighted by Crippen LogP contribution is -2.31. The van der Waals surface area contributed by atoms with Crippen molar-refractivity contribution in [1.29, 1.82) is 0 Å². The minimum atomic E-state index is -3.62. The molecular weight excluding hydrogens is 416 g/mol. The van der Waals surface area contributed by atoms with Crippen molar-refractivity contribution < 1.29 is 13.2 Å². The molecule has 2 aromatic heterocycles. The zero-order valence-corrected chi connectivity index (χ0v) is 19.8. The van der Waals surface area contributed by atoms with Crippen molar-refractivity contribution in [2.24, 2.45) is 0 Å². The molecule has 0 radical (unpaired) electrons. The Labute approximate surface area is 184 Å². The molecule has 1 amide bonds. The quantitative estimate of drug-likeness (QED) is 0.614. The Hall–Kier alpha value is -2.33. The van der Waals surface area contributed by atoms with Crippen molar-refractivity contribution in [3.05, 3.63) is 35.2 Å². The Morgan fingerprint density at radius 3 is 2.52 bits per heavy atom. The van der Waals surface area contributed by atoms with Crippen molar-refractivity contribution in [2.45, 2.75) is 64.8 Å². The number of hydrogen-bond acceptors (Lipinski definition) is 6. The van der Waals surface area contributed by atoms with Crippen molar-refractivity contribution in [3.63, 3.8) is 0 Å². The van der Waals surface area contributed by atoms with Crippen LogP contribution in [0.2, 0.25) is 0 Å². The van der Waals surface area contributed by atoms with Crippen LogP contribution in [0, 0.1) is 13.8 Å². The Bertz CT molecular complexity index is 1050. The molecule has 2 aromatic rings. The zero-order chi connectivity index (χ0) is 22.8. The van der Waals surface area contributed by atoms with Crippen LogP contribution in [0.3, 0.4) is 0 Å². The summed E-state index contributed by atoms with van der Waals surface area (Å²) in [6, 6.07) is 0. The van der Waals surface area contributed by atoms with Gasteiger partial charge in [0, 0.05) is 51.0 Å². The molecule has 1 aliphatic heterocycles. The van der Waals surface area contributed by atoms with E-state index in [1.165, 1.54) is 4.31 Å². The van der Waals surface area contributed by atoms with E-state index in [2.05, 4.69) is 15.1 Å². The predicted octanol–water partition coefficient (Wildman–Crippen LogP) is 2.36. The lowest BCUT2D eigenvalue weighted by Gasteiger charge is -2.20. The maximum atomic E-state index is 13.2. The largest absolute Gasteiger partial charge is 0.339 e. The molecule has 9 nitrogen and oxygen atoms in total. The highest BCUT2D eigenvalue weighted by molar-refractivity contribution is 7.89. The van der Waals surface area contributed by atoms with Crippen molar-refractivity contribution in [1.82, 2.24) is 29.0 Å². The standard InChI is InChI=1S/C21H32N6O3S/c1-6-10-26-14-19(16(5)24-26)31(29,30)27-11-9-17(13-27)20-22-12-18(15(4)23-20)21(28)25(7-2)8-3/h12,14,17H,6-11,13H2,1-5H3. The van der Waals surface area contributed by atoms with Gasteiger partial charge in [0.05, 0.1) is 17.0 Å². The highest BCUT2D eigenvalue weighted by Crippen LogP contribution is 2.30. The first-order valence-corrected chi connectivity index (χ1v) is 12.3. The lowest BCUT2D eigenvalue weighted by atomic mass is 10.1. The zero-order valence-electron chi connectivity index (χ0n) is 19.0. The van der Waals surface area contributed by atoms with Gasteiger partial charge in [-0.3, -0.25) is 9.48 Å². The molecule has 0 aliphatic carbocycles. The predicted molar refractivity (Wildman–Crippen MR) is 117 cm³/mol. The monoisotopic (exact) mass is 448 g/mol. The smallest absolute Gasteiger partial charge is 0.257 e. The number of aromatic nitrogens is 4. The van der Waals surface area contributed by atoms with Crippen LogP contribution in [0.1, 0.15) is 67.1 Å². The maximum absolute atomic E-state index is 13.2. The first kappa shape index (κ1) is 23.3. The van der Waals surface area contributed by atoms with Gasteiger partial charge in [0.25, 0.3) is 5.91 Å². The number of amides is 1. The second kappa shape index (κ2) is 9.44. The van der Waals surface area contributed by atoms with Gasteiger partial charge >= 0.3 is 0 Å². The number of nitrogens with zero attached hydrogens (tertiary/aromatic N) is 6. The number of sulfonamides is 1. The molecule has 3 heterocycles. The van der Waals surface area contributed by atoms with E-state index < -0.39 is 10.0 Å². The summed E-state index contributed by atoms with van der Waals surface area (Å²) in [5, 5.41) is 4.33. The van der Waals surface area contributed by atoms with Crippen LogP contribution < -0.4 is 0 Å². The fourth-order valence-corrected chi connectivity index (χ4v) is 5.63. The van der Waals surface area contributed by atoms with E-state index in [-0.39, 0.29) is 16.7 Å².